The zero-order valence-electron chi connectivity index (χ0n) is 12.8. The van der Waals surface area contributed by atoms with Gasteiger partial charge >= 0.3 is 0 Å². The molecule has 0 spiro atoms. The van der Waals surface area contributed by atoms with Gasteiger partial charge in [0, 0.05) is 18.0 Å². The monoisotopic (exact) mass is 325 g/mol. The van der Waals surface area contributed by atoms with Crippen LogP contribution in [-0.4, -0.2) is 24.6 Å². The molecule has 0 bridgehead atoms. The fraction of sp³-hybridized carbons (Fsp3) is 0.167. The van der Waals surface area contributed by atoms with Crippen molar-refractivity contribution >= 4 is 18.0 Å². The molecule has 3 rings (SSSR count). The largest absolute Gasteiger partial charge is 0.355 e. The third kappa shape index (κ3) is 3.32. The van der Waals surface area contributed by atoms with E-state index in [-0.39, 0.29) is 17.4 Å². The van der Waals surface area contributed by atoms with Crippen molar-refractivity contribution < 1.29 is 14.0 Å². The molecule has 2 aromatic rings. The molecule has 2 aromatic carbocycles. The van der Waals surface area contributed by atoms with Crippen molar-refractivity contribution in [2.75, 3.05) is 6.54 Å². The number of nitrogens with zero attached hydrogens (tertiary/aromatic N) is 1. The Bertz CT molecular complexity index is 777. The van der Waals surface area contributed by atoms with Crippen LogP contribution in [0.2, 0.25) is 0 Å². The number of benzene rings is 2. The number of rotatable bonds is 4. The number of hydrazone groups is 1. The lowest BCUT2D eigenvalue weighted by Gasteiger charge is -2.15. The van der Waals surface area contributed by atoms with Gasteiger partial charge in [-0.15, -0.1) is 0 Å². The van der Waals surface area contributed by atoms with Crippen LogP contribution in [0.4, 0.5) is 4.39 Å². The molecular weight excluding hydrogens is 309 g/mol. The standard InChI is InChI=1S/C18H16FN3O2/c19-15-9-5-4-8-13(15)10-21-22-18(24)16-14(11-20-17(16)23)12-6-2-1-3-7-12/h1-10,14,16H,11H2,(H,20,23)(H,22,24)/b21-10+/t14-,16-/m1/s1. The van der Waals surface area contributed by atoms with Gasteiger partial charge in [0.1, 0.15) is 11.7 Å². The molecule has 0 unspecified atom stereocenters. The van der Waals surface area contributed by atoms with Gasteiger partial charge in [-0.05, 0) is 11.6 Å². The van der Waals surface area contributed by atoms with Crippen molar-refractivity contribution in [3.8, 4) is 0 Å². The smallest absolute Gasteiger partial charge is 0.253 e. The van der Waals surface area contributed by atoms with Crippen LogP contribution in [0, 0.1) is 11.7 Å². The van der Waals surface area contributed by atoms with Crippen molar-refractivity contribution in [2.24, 2.45) is 11.0 Å². The minimum absolute atomic E-state index is 0.248. The number of amides is 2. The summed E-state index contributed by atoms with van der Waals surface area (Å²) in [7, 11) is 0. The highest BCUT2D eigenvalue weighted by Gasteiger charge is 2.40. The van der Waals surface area contributed by atoms with Crippen LogP contribution in [0.15, 0.2) is 59.7 Å². The van der Waals surface area contributed by atoms with E-state index >= 15 is 0 Å². The molecule has 0 aromatic heterocycles. The van der Waals surface area contributed by atoms with Crippen LogP contribution in [0.1, 0.15) is 17.0 Å². The summed E-state index contributed by atoms with van der Waals surface area (Å²) in [6, 6.07) is 15.5. The van der Waals surface area contributed by atoms with E-state index in [1.807, 2.05) is 30.3 Å². The maximum atomic E-state index is 13.5. The van der Waals surface area contributed by atoms with Crippen molar-refractivity contribution in [3.63, 3.8) is 0 Å². The first-order valence-electron chi connectivity index (χ1n) is 7.57. The lowest BCUT2D eigenvalue weighted by atomic mass is 9.88. The molecule has 24 heavy (non-hydrogen) atoms. The molecular formula is C18H16FN3O2. The van der Waals surface area contributed by atoms with Gasteiger partial charge in [0.15, 0.2) is 0 Å². The van der Waals surface area contributed by atoms with Crippen LogP contribution in [0.5, 0.6) is 0 Å². The Kier molecular flexibility index (Phi) is 4.65. The molecule has 122 valence electrons. The lowest BCUT2D eigenvalue weighted by molar-refractivity contribution is -0.133. The molecule has 1 fully saturated rings. The second-order valence-electron chi connectivity index (χ2n) is 5.50. The molecule has 0 radical (unpaired) electrons. The van der Waals surface area contributed by atoms with Crippen LogP contribution < -0.4 is 10.7 Å². The topological polar surface area (TPSA) is 70.6 Å². The highest BCUT2D eigenvalue weighted by molar-refractivity contribution is 6.03. The molecule has 0 aliphatic carbocycles. The summed E-state index contributed by atoms with van der Waals surface area (Å²) < 4.78 is 13.5. The number of carbonyl (C=O) groups is 2. The quantitative estimate of drug-likeness (QED) is 0.511. The Morgan fingerprint density at radius 3 is 2.62 bits per heavy atom. The van der Waals surface area contributed by atoms with Gasteiger partial charge in [0.2, 0.25) is 5.91 Å². The molecule has 1 saturated heterocycles. The second kappa shape index (κ2) is 7.04. The summed E-state index contributed by atoms with van der Waals surface area (Å²) >= 11 is 0. The first-order chi connectivity index (χ1) is 11.7. The van der Waals surface area contributed by atoms with Crippen LogP contribution in [-0.2, 0) is 9.59 Å². The van der Waals surface area contributed by atoms with Gasteiger partial charge in [-0.3, -0.25) is 9.59 Å². The predicted octanol–water partition coefficient (Wildman–Crippen LogP) is 1.81. The highest BCUT2D eigenvalue weighted by atomic mass is 19.1. The summed E-state index contributed by atoms with van der Waals surface area (Å²) in [5.74, 6) is -2.38. The van der Waals surface area contributed by atoms with Crippen molar-refractivity contribution in [2.45, 2.75) is 5.92 Å². The third-order valence-corrected chi connectivity index (χ3v) is 3.97. The number of halogens is 1. The van der Waals surface area contributed by atoms with E-state index in [2.05, 4.69) is 15.8 Å². The maximum Gasteiger partial charge on any atom is 0.253 e. The third-order valence-electron chi connectivity index (χ3n) is 3.97. The summed E-state index contributed by atoms with van der Waals surface area (Å²) in [4.78, 5) is 24.3. The van der Waals surface area contributed by atoms with Crippen LogP contribution >= 0.6 is 0 Å². The lowest BCUT2D eigenvalue weighted by Crippen LogP contribution is -2.34. The normalized spacial score (nSPS) is 20.1. The van der Waals surface area contributed by atoms with Crippen molar-refractivity contribution in [3.05, 3.63) is 71.5 Å². The van der Waals surface area contributed by atoms with E-state index in [4.69, 9.17) is 0 Å². The summed E-state index contributed by atoms with van der Waals surface area (Å²) in [6.07, 6.45) is 1.22. The van der Waals surface area contributed by atoms with Crippen molar-refractivity contribution in [1.29, 1.82) is 0 Å². The Labute approximate surface area is 138 Å². The van der Waals surface area contributed by atoms with Gasteiger partial charge in [0.25, 0.3) is 5.91 Å². The molecule has 1 aliphatic heterocycles. The Hall–Kier alpha value is -3.02. The van der Waals surface area contributed by atoms with E-state index in [9.17, 15) is 14.0 Å². The van der Waals surface area contributed by atoms with Gasteiger partial charge in [-0.1, -0.05) is 48.5 Å². The average Bonchev–Trinajstić information content (AvgIpc) is 2.99. The van der Waals surface area contributed by atoms with E-state index < -0.39 is 17.6 Å². The molecule has 6 heteroatoms. The molecule has 2 amide bonds. The predicted molar refractivity (Wildman–Crippen MR) is 87.8 cm³/mol. The summed E-state index contributed by atoms with van der Waals surface area (Å²) in [5.41, 5.74) is 3.50. The maximum absolute atomic E-state index is 13.5. The minimum Gasteiger partial charge on any atom is -0.355 e. The first kappa shape index (κ1) is 15.9. The molecule has 2 N–H and O–H groups in total. The van der Waals surface area contributed by atoms with Crippen LogP contribution in [0.3, 0.4) is 0 Å². The second-order valence-corrected chi connectivity index (χ2v) is 5.50. The van der Waals surface area contributed by atoms with Gasteiger partial charge < -0.3 is 5.32 Å². The van der Waals surface area contributed by atoms with E-state index in [0.29, 0.717) is 6.54 Å². The minimum atomic E-state index is -0.856. The van der Waals surface area contributed by atoms with Crippen molar-refractivity contribution in [1.82, 2.24) is 10.7 Å². The van der Waals surface area contributed by atoms with Gasteiger partial charge in [0.05, 0.1) is 6.21 Å². The molecule has 0 saturated carbocycles. The SMILES string of the molecule is O=C1NC[C@H](c2ccccc2)[C@H]1C(=O)N/N=C/c1ccccc1F. The Balaban J connectivity index is 1.71. The number of hydrogen-bond donors (Lipinski definition) is 2. The highest BCUT2D eigenvalue weighted by Crippen LogP contribution is 2.28. The average molecular weight is 325 g/mol. The van der Waals surface area contributed by atoms with Gasteiger partial charge in [-0.2, -0.15) is 5.10 Å². The zero-order valence-corrected chi connectivity index (χ0v) is 12.8. The molecule has 1 heterocycles. The Morgan fingerprint density at radius 1 is 1.17 bits per heavy atom. The van der Waals surface area contributed by atoms with E-state index in [0.717, 1.165) is 5.56 Å². The first-order valence-corrected chi connectivity index (χ1v) is 7.57. The number of carbonyl (C=O) groups excluding carboxylic acids is 2. The molecule has 2 atom stereocenters. The fourth-order valence-electron chi connectivity index (χ4n) is 2.75. The summed E-state index contributed by atoms with van der Waals surface area (Å²) in [6.45, 7) is 0.401. The Morgan fingerprint density at radius 2 is 1.88 bits per heavy atom. The summed E-state index contributed by atoms with van der Waals surface area (Å²) in [5, 5.41) is 6.47. The number of hydrogen-bond acceptors (Lipinski definition) is 3. The fourth-order valence-corrected chi connectivity index (χ4v) is 2.75. The van der Waals surface area contributed by atoms with E-state index in [1.165, 1.54) is 12.3 Å². The number of nitrogens with one attached hydrogen (secondary N) is 2. The van der Waals surface area contributed by atoms with E-state index in [1.54, 1.807) is 18.2 Å². The molecule has 1 aliphatic rings. The van der Waals surface area contributed by atoms with Gasteiger partial charge in [-0.25, -0.2) is 9.82 Å². The van der Waals surface area contributed by atoms with Crippen LogP contribution in [0.25, 0.3) is 0 Å². The zero-order chi connectivity index (χ0) is 16.9. The molecule has 5 nitrogen and oxygen atoms in total.